The number of carbonyl (C=O) groups is 1. The van der Waals surface area contributed by atoms with Crippen molar-refractivity contribution in [1.29, 1.82) is 0 Å². The highest BCUT2D eigenvalue weighted by Gasteiger charge is 2.27. The van der Waals surface area contributed by atoms with E-state index < -0.39 is 0 Å². The average Bonchev–Trinajstić information content (AvgIpc) is 2.87. The molecule has 1 aliphatic rings. The second kappa shape index (κ2) is 6.08. The van der Waals surface area contributed by atoms with E-state index in [4.69, 9.17) is 23.1 Å². The second-order valence-corrected chi connectivity index (χ2v) is 5.15. The van der Waals surface area contributed by atoms with E-state index in [1.54, 1.807) is 17.0 Å². The first kappa shape index (κ1) is 13.9. The van der Waals surface area contributed by atoms with Crippen LogP contribution < -0.4 is 5.73 Å². The van der Waals surface area contributed by atoms with Crippen LogP contribution in [0.2, 0.25) is 0 Å². The molecule has 1 amide bonds. The summed E-state index contributed by atoms with van der Waals surface area (Å²) in [5, 5.41) is 8.91. The van der Waals surface area contributed by atoms with Gasteiger partial charge in [-0.15, -0.1) is 0 Å². The zero-order chi connectivity index (χ0) is 13.8. The molecule has 1 atom stereocenters. The van der Waals surface area contributed by atoms with Gasteiger partial charge in [0, 0.05) is 31.5 Å². The van der Waals surface area contributed by atoms with Crippen molar-refractivity contribution < 1.29 is 9.90 Å². The number of nitrogens with zero attached hydrogens (tertiary/aromatic N) is 2. The Morgan fingerprint density at radius 2 is 2.37 bits per heavy atom. The van der Waals surface area contributed by atoms with Gasteiger partial charge in [0.15, 0.2) is 0 Å². The molecule has 6 heteroatoms. The summed E-state index contributed by atoms with van der Waals surface area (Å²) in [4.78, 5) is 18.4. The summed E-state index contributed by atoms with van der Waals surface area (Å²) >= 11 is 4.84. The third-order valence-corrected chi connectivity index (χ3v) is 3.61. The summed E-state index contributed by atoms with van der Waals surface area (Å²) in [5.74, 6) is 0.319. The Morgan fingerprint density at radius 1 is 1.58 bits per heavy atom. The van der Waals surface area contributed by atoms with Crippen molar-refractivity contribution in [2.75, 3.05) is 19.7 Å². The molecule has 2 rings (SSSR count). The number of rotatable bonds is 4. The van der Waals surface area contributed by atoms with Crippen molar-refractivity contribution in [3.63, 3.8) is 0 Å². The highest BCUT2D eigenvalue weighted by Crippen LogP contribution is 2.20. The fraction of sp³-hybridized carbons (Fsp3) is 0.462. The average molecular weight is 279 g/mol. The lowest BCUT2D eigenvalue weighted by Gasteiger charge is -2.15. The standard InChI is InChI=1S/C13H17N3O2S/c14-12(19)10-1-2-11(15-7-10)13(18)16-5-3-9(8-16)4-6-17/h1-2,7,9,17H,3-6,8H2,(H2,14,19). The maximum Gasteiger partial charge on any atom is 0.272 e. The first-order valence-electron chi connectivity index (χ1n) is 6.28. The maximum atomic E-state index is 12.2. The molecule has 3 N–H and O–H groups in total. The van der Waals surface area contributed by atoms with Crippen molar-refractivity contribution in [3.05, 3.63) is 29.6 Å². The minimum atomic E-state index is -0.0741. The number of nitrogens with two attached hydrogens (primary N) is 1. The maximum absolute atomic E-state index is 12.2. The van der Waals surface area contributed by atoms with Crippen LogP contribution in [0.4, 0.5) is 0 Å². The molecule has 1 aliphatic heterocycles. The molecular formula is C13H17N3O2S. The first-order valence-corrected chi connectivity index (χ1v) is 6.68. The van der Waals surface area contributed by atoms with Gasteiger partial charge in [-0.1, -0.05) is 12.2 Å². The molecule has 0 bridgehead atoms. The SMILES string of the molecule is NC(=S)c1ccc(C(=O)N2CCC(CCO)C2)nc1. The van der Waals surface area contributed by atoms with Gasteiger partial charge < -0.3 is 15.7 Å². The van der Waals surface area contributed by atoms with Gasteiger partial charge in [0.05, 0.1) is 0 Å². The quantitative estimate of drug-likeness (QED) is 0.787. The number of aliphatic hydroxyl groups excluding tert-OH is 1. The number of likely N-dealkylation sites (tertiary alicyclic amines) is 1. The Kier molecular flexibility index (Phi) is 4.44. The van der Waals surface area contributed by atoms with Crippen molar-refractivity contribution in [2.24, 2.45) is 11.7 Å². The lowest BCUT2D eigenvalue weighted by atomic mass is 10.1. The molecule has 0 spiro atoms. The lowest BCUT2D eigenvalue weighted by Crippen LogP contribution is -2.29. The van der Waals surface area contributed by atoms with E-state index in [0.29, 0.717) is 23.7 Å². The molecule has 5 nitrogen and oxygen atoms in total. The van der Waals surface area contributed by atoms with E-state index in [0.717, 1.165) is 19.4 Å². The summed E-state index contributed by atoms with van der Waals surface area (Å²) in [6.07, 6.45) is 3.21. The fourth-order valence-corrected chi connectivity index (χ4v) is 2.38. The molecule has 1 aromatic rings. The minimum absolute atomic E-state index is 0.0741. The van der Waals surface area contributed by atoms with Crippen LogP contribution >= 0.6 is 12.2 Å². The Labute approximate surface area is 117 Å². The summed E-state index contributed by atoms with van der Waals surface area (Å²) in [6.45, 7) is 1.59. The van der Waals surface area contributed by atoms with Gasteiger partial charge in [0.1, 0.15) is 10.7 Å². The van der Waals surface area contributed by atoms with Crippen molar-refractivity contribution in [1.82, 2.24) is 9.88 Å². The van der Waals surface area contributed by atoms with Crippen LogP contribution in [0.3, 0.4) is 0 Å². The summed E-state index contributed by atoms with van der Waals surface area (Å²) in [6, 6.07) is 3.36. The summed E-state index contributed by atoms with van der Waals surface area (Å²) in [7, 11) is 0. The summed E-state index contributed by atoms with van der Waals surface area (Å²) < 4.78 is 0. The second-order valence-electron chi connectivity index (χ2n) is 4.71. The van der Waals surface area contributed by atoms with E-state index in [1.165, 1.54) is 6.20 Å². The highest BCUT2D eigenvalue weighted by atomic mass is 32.1. The van der Waals surface area contributed by atoms with E-state index in [9.17, 15) is 4.79 Å². The van der Waals surface area contributed by atoms with Crippen molar-refractivity contribution >= 4 is 23.1 Å². The largest absolute Gasteiger partial charge is 0.396 e. The van der Waals surface area contributed by atoms with Crippen LogP contribution in [0.25, 0.3) is 0 Å². The Bertz CT molecular complexity index is 475. The van der Waals surface area contributed by atoms with Crippen LogP contribution in [-0.4, -0.2) is 45.6 Å². The number of aromatic nitrogens is 1. The van der Waals surface area contributed by atoms with Crippen LogP contribution in [0, 0.1) is 5.92 Å². The molecule has 1 aromatic heterocycles. The molecule has 1 fully saturated rings. The number of thiocarbonyl (C=S) groups is 1. The number of pyridine rings is 1. The molecule has 2 heterocycles. The Hall–Kier alpha value is -1.53. The van der Waals surface area contributed by atoms with Gasteiger partial charge in [-0.05, 0) is 30.9 Å². The van der Waals surface area contributed by atoms with Gasteiger partial charge >= 0.3 is 0 Å². The predicted molar refractivity (Wildman–Crippen MR) is 75.8 cm³/mol. The number of hydrogen-bond acceptors (Lipinski definition) is 4. The zero-order valence-corrected chi connectivity index (χ0v) is 11.4. The van der Waals surface area contributed by atoms with E-state index in [2.05, 4.69) is 4.98 Å². The van der Waals surface area contributed by atoms with E-state index in [1.807, 2.05) is 0 Å². The smallest absolute Gasteiger partial charge is 0.272 e. The highest BCUT2D eigenvalue weighted by molar-refractivity contribution is 7.80. The zero-order valence-electron chi connectivity index (χ0n) is 10.6. The van der Waals surface area contributed by atoms with Crippen LogP contribution in [-0.2, 0) is 0 Å². The Morgan fingerprint density at radius 3 is 2.95 bits per heavy atom. The van der Waals surface area contributed by atoms with Gasteiger partial charge in [-0.3, -0.25) is 9.78 Å². The van der Waals surface area contributed by atoms with E-state index >= 15 is 0 Å². The van der Waals surface area contributed by atoms with Crippen LogP contribution in [0.15, 0.2) is 18.3 Å². The third-order valence-electron chi connectivity index (χ3n) is 3.38. The van der Waals surface area contributed by atoms with Crippen LogP contribution in [0.1, 0.15) is 28.9 Å². The molecule has 1 unspecified atom stereocenters. The number of hydrogen-bond donors (Lipinski definition) is 2. The number of amides is 1. The van der Waals surface area contributed by atoms with Gasteiger partial charge in [-0.25, -0.2) is 0 Å². The molecular weight excluding hydrogens is 262 g/mol. The Balaban J connectivity index is 2.02. The predicted octanol–water partition coefficient (Wildman–Crippen LogP) is 0.560. The first-order chi connectivity index (χ1) is 9.11. The molecule has 1 saturated heterocycles. The van der Waals surface area contributed by atoms with Crippen molar-refractivity contribution in [2.45, 2.75) is 12.8 Å². The summed E-state index contributed by atoms with van der Waals surface area (Å²) in [5.41, 5.74) is 6.55. The molecule has 0 aliphatic carbocycles. The number of carbonyl (C=O) groups excluding carboxylic acids is 1. The fourth-order valence-electron chi connectivity index (χ4n) is 2.26. The van der Waals surface area contributed by atoms with Gasteiger partial charge in [-0.2, -0.15) is 0 Å². The normalized spacial score (nSPS) is 18.6. The molecule has 0 aromatic carbocycles. The van der Waals surface area contributed by atoms with Gasteiger partial charge in [0.25, 0.3) is 5.91 Å². The molecule has 102 valence electrons. The monoisotopic (exact) mass is 279 g/mol. The van der Waals surface area contributed by atoms with Gasteiger partial charge in [0.2, 0.25) is 0 Å². The topological polar surface area (TPSA) is 79.5 Å². The minimum Gasteiger partial charge on any atom is -0.396 e. The lowest BCUT2D eigenvalue weighted by molar-refractivity contribution is 0.0779. The van der Waals surface area contributed by atoms with E-state index in [-0.39, 0.29) is 17.5 Å². The van der Waals surface area contributed by atoms with Crippen molar-refractivity contribution in [3.8, 4) is 0 Å². The molecule has 0 saturated carbocycles. The third kappa shape index (κ3) is 3.27. The molecule has 0 radical (unpaired) electrons. The van der Waals surface area contributed by atoms with Crippen LogP contribution in [0.5, 0.6) is 0 Å². The number of aliphatic hydroxyl groups is 1. The molecule has 19 heavy (non-hydrogen) atoms.